The maximum atomic E-state index is 10.6. The third-order valence-corrected chi connectivity index (χ3v) is 3.00. The van der Waals surface area contributed by atoms with Crippen LogP contribution in [-0.4, -0.2) is 51.4 Å². The van der Waals surface area contributed by atoms with E-state index in [1.807, 2.05) is 49.5 Å². The number of H-pyrrole nitrogens is 1. The van der Waals surface area contributed by atoms with E-state index in [9.17, 15) is 13.2 Å². The molecule has 0 unspecified atom stereocenters. The van der Waals surface area contributed by atoms with E-state index < -0.39 is 12.1 Å². The number of carboxylic acids is 1. The Morgan fingerprint density at radius 3 is 2.60 bits per heavy atom. The number of nitrogens with zero attached hydrogens (tertiary/aromatic N) is 3. The van der Waals surface area contributed by atoms with Crippen molar-refractivity contribution in [3.63, 3.8) is 0 Å². The molecule has 3 aromatic rings. The SMILES string of the molecule is CN(C)Cc1nc(-c2cccc3[nH]ccc23)no1.O=C(O)C(F)(F)F. The first-order valence-corrected chi connectivity index (χ1v) is 7.02. The standard InChI is InChI=1S/C13H14N4O.C2HF3O2/c1-17(2)8-12-15-13(16-18-12)10-4-3-5-11-9(10)6-7-14-11;3-2(4,5)1(6)7/h3-7,14H,8H2,1-2H3;(H,6,7). The second kappa shape index (κ2) is 7.34. The minimum absolute atomic E-state index is 0.627. The fourth-order valence-electron chi connectivity index (χ4n) is 1.98. The predicted octanol–water partition coefficient (Wildman–Crippen LogP) is 2.91. The van der Waals surface area contributed by atoms with Crippen LogP contribution in [0.3, 0.4) is 0 Å². The van der Waals surface area contributed by atoms with Gasteiger partial charge in [0.2, 0.25) is 11.7 Å². The Balaban J connectivity index is 0.000000277. The molecule has 0 aliphatic heterocycles. The number of hydrogen-bond acceptors (Lipinski definition) is 5. The van der Waals surface area contributed by atoms with Gasteiger partial charge in [-0.1, -0.05) is 17.3 Å². The van der Waals surface area contributed by atoms with Gasteiger partial charge in [0.05, 0.1) is 6.54 Å². The summed E-state index contributed by atoms with van der Waals surface area (Å²) in [6, 6.07) is 8.03. The maximum absolute atomic E-state index is 10.6. The van der Waals surface area contributed by atoms with Gasteiger partial charge in [0, 0.05) is 22.7 Å². The number of aromatic amines is 1. The van der Waals surface area contributed by atoms with Crippen molar-refractivity contribution in [2.75, 3.05) is 14.1 Å². The van der Waals surface area contributed by atoms with Gasteiger partial charge in [-0.2, -0.15) is 18.2 Å². The number of aliphatic carboxylic acids is 1. The van der Waals surface area contributed by atoms with Crippen molar-refractivity contribution in [2.24, 2.45) is 0 Å². The molecule has 0 bridgehead atoms. The monoisotopic (exact) mass is 356 g/mol. The molecule has 0 fully saturated rings. The predicted molar refractivity (Wildman–Crippen MR) is 82.7 cm³/mol. The smallest absolute Gasteiger partial charge is 0.475 e. The van der Waals surface area contributed by atoms with Crippen LogP contribution in [0.5, 0.6) is 0 Å². The van der Waals surface area contributed by atoms with E-state index in [0.29, 0.717) is 18.3 Å². The summed E-state index contributed by atoms with van der Waals surface area (Å²) >= 11 is 0. The average Bonchev–Trinajstić information content (AvgIpc) is 3.14. The van der Waals surface area contributed by atoms with Crippen LogP contribution in [0, 0.1) is 0 Å². The van der Waals surface area contributed by atoms with Crippen molar-refractivity contribution in [2.45, 2.75) is 12.7 Å². The van der Waals surface area contributed by atoms with E-state index in [0.717, 1.165) is 16.5 Å². The number of fused-ring (bicyclic) bond motifs is 1. The molecule has 0 atom stereocenters. The Morgan fingerprint density at radius 2 is 2.00 bits per heavy atom. The van der Waals surface area contributed by atoms with Gasteiger partial charge in [-0.3, -0.25) is 0 Å². The van der Waals surface area contributed by atoms with Crippen LogP contribution in [0.25, 0.3) is 22.3 Å². The number of carbonyl (C=O) groups is 1. The average molecular weight is 356 g/mol. The summed E-state index contributed by atoms with van der Waals surface area (Å²) < 4.78 is 37.0. The minimum atomic E-state index is -5.08. The molecule has 7 nitrogen and oxygen atoms in total. The van der Waals surface area contributed by atoms with E-state index in [1.165, 1.54) is 0 Å². The molecule has 0 radical (unpaired) electrons. The summed E-state index contributed by atoms with van der Waals surface area (Å²) in [6.07, 6.45) is -3.17. The molecular formula is C15H15F3N4O3. The van der Waals surface area contributed by atoms with Gasteiger partial charge in [0.1, 0.15) is 0 Å². The molecule has 1 aromatic carbocycles. The van der Waals surface area contributed by atoms with Crippen molar-refractivity contribution >= 4 is 16.9 Å². The number of carboxylic acid groups (broad SMARTS) is 1. The highest BCUT2D eigenvalue weighted by molar-refractivity contribution is 5.93. The number of halogens is 3. The summed E-state index contributed by atoms with van der Waals surface area (Å²) in [7, 11) is 3.94. The molecule has 0 aliphatic rings. The quantitative estimate of drug-likeness (QED) is 0.749. The van der Waals surface area contributed by atoms with Gasteiger partial charge in [-0.25, -0.2) is 4.79 Å². The number of alkyl halides is 3. The maximum Gasteiger partial charge on any atom is 0.490 e. The third-order valence-electron chi connectivity index (χ3n) is 3.00. The van der Waals surface area contributed by atoms with Crippen LogP contribution in [0.4, 0.5) is 13.2 Å². The first-order valence-electron chi connectivity index (χ1n) is 7.02. The molecule has 2 aromatic heterocycles. The first-order chi connectivity index (χ1) is 11.7. The van der Waals surface area contributed by atoms with Crippen LogP contribution >= 0.6 is 0 Å². The highest BCUT2D eigenvalue weighted by Gasteiger charge is 2.38. The molecule has 0 saturated heterocycles. The van der Waals surface area contributed by atoms with E-state index >= 15 is 0 Å². The Bertz CT molecular complexity index is 855. The van der Waals surface area contributed by atoms with E-state index in [1.54, 1.807) is 0 Å². The Hall–Kier alpha value is -2.88. The number of benzene rings is 1. The van der Waals surface area contributed by atoms with Crippen LogP contribution in [0.1, 0.15) is 5.89 Å². The zero-order chi connectivity index (χ0) is 18.6. The number of nitrogens with one attached hydrogen (secondary N) is 1. The second-order valence-electron chi connectivity index (χ2n) is 5.30. The van der Waals surface area contributed by atoms with Gasteiger partial charge in [-0.15, -0.1) is 0 Å². The van der Waals surface area contributed by atoms with Gasteiger partial charge in [0.25, 0.3) is 0 Å². The van der Waals surface area contributed by atoms with Crippen LogP contribution in [0.15, 0.2) is 35.0 Å². The highest BCUT2D eigenvalue weighted by atomic mass is 19.4. The summed E-state index contributed by atoms with van der Waals surface area (Å²) in [6.45, 7) is 0.649. The second-order valence-corrected chi connectivity index (χ2v) is 5.30. The lowest BCUT2D eigenvalue weighted by Gasteiger charge is -2.03. The van der Waals surface area contributed by atoms with Crippen molar-refractivity contribution in [1.82, 2.24) is 20.0 Å². The third kappa shape index (κ3) is 4.80. The normalized spacial score (nSPS) is 11.4. The van der Waals surface area contributed by atoms with Crippen LogP contribution < -0.4 is 0 Å². The van der Waals surface area contributed by atoms with Gasteiger partial charge < -0.3 is 19.5 Å². The van der Waals surface area contributed by atoms with Crippen molar-refractivity contribution in [3.05, 3.63) is 36.4 Å². The topological polar surface area (TPSA) is 95.3 Å². The van der Waals surface area contributed by atoms with Gasteiger partial charge >= 0.3 is 12.1 Å². The zero-order valence-corrected chi connectivity index (χ0v) is 13.3. The zero-order valence-electron chi connectivity index (χ0n) is 13.3. The number of hydrogen-bond donors (Lipinski definition) is 2. The van der Waals surface area contributed by atoms with E-state index in [-0.39, 0.29) is 0 Å². The molecule has 3 rings (SSSR count). The molecule has 25 heavy (non-hydrogen) atoms. The molecule has 0 aliphatic carbocycles. The van der Waals surface area contributed by atoms with Crippen LogP contribution in [0.2, 0.25) is 0 Å². The van der Waals surface area contributed by atoms with E-state index in [2.05, 4.69) is 15.1 Å². The molecule has 0 spiro atoms. The Labute approximate surface area is 140 Å². The molecule has 2 N–H and O–H groups in total. The molecule has 0 amide bonds. The minimum Gasteiger partial charge on any atom is -0.475 e. The molecule has 2 heterocycles. The Kier molecular flexibility index (Phi) is 5.42. The molecular weight excluding hydrogens is 341 g/mol. The lowest BCUT2D eigenvalue weighted by molar-refractivity contribution is -0.192. The van der Waals surface area contributed by atoms with Gasteiger partial charge in [0.15, 0.2) is 0 Å². The molecule has 134 valence electrons. The summed E-state index contributed by atoms with van der Waals surface area (Å²) in [5, 5.41) is 12.3. The fraction of sp³-hybridized carbons (Fsp3) is 0.267. The van der Waals surface area contributed by atoms with Crippen molar-refractivity contribution in [3.8, 4) is 11.4 Å². The van der Waals surface area contributed by atoms with Crippen molar-refractivity contribution < 1.29 is 27.6 Å². The molecule has 0 saturated carbocycles. The number of aromatic nitrogens is 3. The Morgan fingerprint density at radius 1 is 1.32 bits per heavy atom. The van der Waals surface area contributed by atoms with Gasteiger partial charge in [-0.05, 0) is 26.2 Å². The summed E-state index contributed by atoms with van der Waals surface area (Å²) in [5.74, 6) is -1.49. The highest BCUT2D eigenvalue weighted by Crippen LogP contribution is 2.25. The first kappa shape index (κ1) is 18.5. The lowest BCUT2D eigenvalue weighted by atomic mass is 10.1. The molecule has 10 heteroatoms. The van der Waals surface area contributed by atoms with Crippen LogP contribution in [-0.2, 0) is 11.3 Å². The van der Waals surface area contributed by atoms with E-state index in [4.69, 9.17) is 14.4 Å². The summed E-state index contributed by atoms with van der Waals surface area (Å²) in [5.41, 5.74) is 2.06. The largest absolute Gasteiger partial charge is 0.490 e. The summed E-state index contributed by atoms with van der Waals surface area (Å²) in [4.78, 5) is 18.5. The van der Waals surface area contributed by atoms with Crippen molar-refractivity contribution in [1.29, 1.82) is 0 Å². The lowest BCUT2D eigenvalue weighted by Crippen LogP contribution is -2.21. The fourth-order valence-corrected chi connectivity index (χ4v) is 1.98. The number of rotatable bonds is 3.